The second kappa shape index (κ2) is 5.37. The Morgan fingerprint density at radius 3 is 2.76 bits per heavy atom. The molecule has 0 aliphatic carbocycles. The third kappa shape index (κ3) is 2.52. The van der Waals surface area contributed by atoms with Crippen LogP contribution < -0.4 is 5.32 Å². The Hall–Kier alpha value is -1.28. The van der Waals surface area contributed by atoms with Crippen LogP contribution >= 0.6 is 0 Å². The van der Waals surface area contributed by atoms with Gasteiger partial charge in [0.1, 0.15) is 0 Å². The minimum absolute atomic E-state index is 0.523. The number of fused-ring (bicyclic) bond motifs is 1. The highest BCUT2D eigenvalue weighted by molar-refractivity contribution is 5.81. The van der Waals surface area contributed by atoms with Gasteiger partial charge in [-0.15, -0.1) is 0 Å². The van der Waals surface area contributed by atoms with Gasteiger partial charge in [-0.2, -0.15) is 0 Å². The van der Waals surface area contributed by atoms with E-state index < -0.39 is 0 Å². The summed E-state index contributed by atoms with van der Waals surface area (Å²) in [5, 5.41) is 4.67. The average molecular weight is 230 g/mol. The summed E-state index contributed by atoms with van der Waals surface area (Å²) in [7, 11) is 2.03. The summed E-state index contributed by atoms with van der Waals surface area (Å²) in [5.74, 6) is 0. The van der Waals surface area contributed by atoms with E-state index in [0.29, 0.717) is 6.04 Å². The topological polar surface area (TPSA) is 17.0 Å². The van der Waals surface area contributed by atoms with E-state index in [2.05, 4.69) is 54.1 Å². The standard InChI is InChI=1S/C15H22N2/c1-4-9-17-14(10-12(2)16-3)11-13-7-5-6-8-15(13)17/h5-8,11-12,16H,4,9-10H2,1-3H3. The molecule has 1 unspecified atom stereocenters. The van der Waals surface area contributed by atoms with Crippen LogP contribution in [0.3, 0.4) is 0 Å². The Balaban J connectivity index is 2.42. The third-order valence-electron chi connectivity index (χ3n) is 3.35. The lowest BCUT2D eigenvalue weighted by Gasteiger charge is -2.13. The van der Waals surface area contributed by atoms with Crippen molar-refractivity contribution in [3.63, 3.8) is 0 Å². The van der Waals surface area contributed by atoms with Crippen molar-refractivity contribution in [2.45, 2.75) is 39.3 Å². The first kappa shape index (κ1) is 12.2. The van der Waals surface area contributed by atoms with Gasteiger partial charge in [-0.25, -0.2) is 0 Å². The van der Waals surface area contributed by atoms with E-state index in [4.69, 9.17) is 0 Å². The van der Waals surface area contributed by atoms with Crippen molar-refractivity contribution >= 4 is 10.9 Å². The first-order valence-corrected chi connectivity index (χ1v) is 6.50. The summed E-state index contributed by atoms with van der Waals surface area (Å²) in [4.78, 5) is 0. The van der Waals surface area contributed by atoms with E-state index in [-0.39, 0.29) is 0 Å². The maximum absolute atomic E-state index is 3.31. The summed E-state index contributed by atoms with van der Waals surface area (Å²) >= 11 is 0. The number of nitrogens with zero attached hydrogens (tertiary/aromatic N) is 1. The number of likely N-dealkylation sites (N-methyl/N-ethyl adjacent to an activating group) is 1. The molecule has 0 aliphatic heterocycles. The highest BCUT2D eigenvalue weighted by Gasteiger charge is 2.09. The zero-order valence-electron chi connectivity index (χ0n) is 11.0. The molecular formula is C15H22N2. The summed E-state index contributed by atoms with van der Waals surface area (Å²) in [6.07, 6.45) is 2.27. The number of aromatic nitrogens is 1. The zero-order valence-corrected chi connectivity index (χ0v) is 11.0. The van der Waals surface area contributed by atoms with Crippen molar-refractivity contribution < 1.29 is 0 Å². The van der Waals surface area contributed by atoms with Crippen molar-refractivity contribution in [1.29, 1.82) is 0 Å². The summed E-state index contributed by atoms with van der Waals surface area (Å²) in [6, 6.07) is 11.5. The number of benzene rings is 1. The van der Waals surface area contributed by atoms with E-state index in [1.54, 1.807) is 0 Å². The SMILES string of the molecule is CCCn1c(CC(C)NC)cc2ccccc21. The first-order valence-electron chi connectivity index (χ1n) is 6.50. The third-order valence-corrected chi connectivity index (χ3v) is 3.35. The van der Waals surface area contributed by atoms with Crippen LogP contribution in [0.2, 0.25) is 0 Å². The molecule has 2 rings (SSSR count). The van der Waals surface area contributed by atoms with Crippen LogP contribution in [0, 0.1) is 0 Å². The Bertz CT molecular complexity index is 485. The second-order valence-electron chi connectivity index (χ2n) is 4.74. The smallest absolute Gasteiger partial charge is 0.0482 e. The van der Waals surface area contributed by atoms with E-state index in [1.807, 2.05) is 7.05 Å². The van der Waals surface area contributed by atoms with Crippen LogP contribution in [0.4, 0.5) is 0 Å². The fourth-order valence-corrected chi connectivity index (χ4v) is 2.34. The maximum atomic E-state index is 3.31. The molecule has 0 aliphatic rings. The predicted octanol–water partition coefficient (Wildman–Crippen LogP) is 3.20. The molecule has 1 N–H and O–H groups in total. The monoisotopic (exact) mass is 230 g/mol. The Morgan fingerprint density at radius 1 is 1.29 bits per heavy atom. The lowest BCUT2D eigenvalue weighted by atomic mass is 10.2. The lowest BCUT2D eigenvalue weighted by Crippen LogP contribution is -2.24. The molecule has 1 aromatic carbocycles. The van der Waals surface area contributed by atoms with E-state index in [1.165, 1.54) is 23.0 Å². The Morgan fingerprint density at radius 2 is 2.06 bits per heavy atom. The number of hydrogen-bond acceptors (Lipinski definition) is 1. The summed E-state index contributed by atoms with van der Waals surface area (Å²) in [6.45, 7) is 5.58. The molecule has 0 bridgehead atoms. The van der Waals surface area contributed by atoms with Crippen molar-refractivity contribution in [3.05, 3.63) is 36.0 Å². The molecule has 2 aromatic rings. The summed E-state index contributed by atoms with van der Waals surface area (Å²) in [5.41, 5.74) is 2.81. The van der Waals surface area contributed by atoms with Crippen LogP contribution in [0.25, 0.3) is 10.9 Å². The van der Waals surface area contributed by atoms with Crippen molar-refractivity contribution in [3.8, 4) is 0 Å². The number of hydrogen-bond donors (Lipinski definition) is 1. The number of nitrogens with one attached hydrogen (secondary N) is 1. The lowest BCUT2D eigenvalue weighted by molar-refractivity contribution is 0.571. The molecule has 0 saturated carbocycles. The van der Waals surface area contributed by atoms with Gasteiger partial charge in [0.25, 0.3) is 0 Å². The van der Waals surface area contributed by atoms with Gasteiger partial charge in [-0.3, -0.25) is 0 Å². The van der Waals surface area contributed by atoms with Gasteiger partial charge in [0.15, 0.2) is 0 Å². The van der Waals surface area contributed by atoms with Gasteiger partial charge in [0.05, 0.1) is 0 Å². The molecular weight excluding hydrogens is 208 g/mol. The maximum Gasteiger partial charge on any atom is 0.0482 e. The Kier molecular flexibility index (Phi) is 3.85. The molecule has 2 heteroatoms. The molecule has 2 nitrogen and oxygen atoms in total. The van der Waals surface area contributed by atoms with Crippen LogP contribution in [-0.4, -0.2) is 17.7 Å². The molecule has 17 heavy (non-hydrogen) atoms. The minimum atomic E-state index is 0.523. The van der Waals surface area contributed by atoms with E-state index >= 15 is 0 Å². The van der Waals surface area contributed by atoms with Gasteiger partial charge in [-0.05, 0) is 37.9 Å². The molecule has 0 saturated heterocycles. The average Bonchev–Trinajstić information content (AvgIpc) is 2.68. The van der Waals surface area contributed by atoms with E-state index in [9.17, 15) is 0 Å². The normalized spacial score (nSPS) is 13.1. The highest BCUT2D eigenvalue weighted by atomic mass is 15.0. The molecule has 0 radical (unpaired) electrons. The highest BCUT2D eigenvalue weighted by Crippen LogP contribution is 2.21. The summed E-state index contributed by atoms with van der Waals surface area (Å²) < 4.78 is 2.46. The molecule has 0 fully saturated rings. The van der Waals surface area contributed by atoms with Crippen LogP contribution in [0.1, 0.15) is 26.0 Å². The molecule has 1 atom stereocenters. The largest absolute Gasteiger partial charge is 0.345 e. The van der Waals surface area contributed by atoms with Gasteiger partial charge < -0.3 is 9.88 Å². The minimum Gasteiger partial charge on any atom is -0.345 e. The van der Waals surface area contributed by atoms with Gasteiger partial charge in [0.2, 0.25) is 0 Å². The number of aryl methyl sites for hydroxylation is 1. The zero-order chi connectivity index (χ0) is 12.3. The van der Waals surface area contributed by atoms with Crippen LogP contribution in [-0.2, 0) is 13.0 Å². The van der Waals surface area contributed by atoms with Gasteiger partial charge >= 0.3 is 0 Å². The van der Waals surface area contributed by atoms with Crippen molar-refractivity contribution in [1.82, 2.24) is 9.88 Å². The second-order valence-corrected chi connectivity index (χ2v) is 4.74. The number of para-hydroxylation sites is 1. The first-order chi connectivity index (χ1) is 8.26. The Labute approximate surface area is 104 Å². The van der Waals surface area contributed by atoms with E-state index in [0.717, 1.165) is 13.0 Å². The molecule has 92 valence electrons. The van der Waals surface area contributed by atoms with Crippen molar-refractivity contribution in [2.24, 2.45) is 0 Å². The number of rotatable bonds is 5. The van der Waals surface area contributed by atoms with Crippen molar-refractivity contribution in [2.75, 3.05) is 7.05 Å². The fraction of sp³-hybridized carbons (Fsp3) is 0.467. The van der Waals surface area contributed by atoms with Gasteiger partial charge in [-0.1, -0.05) is 25.1 Å². The quantitative estimate of drug-likeness (QED) is 0.834. The molecule has 0 spiro atoms. The van der Waals surface area contributed by atoms with Crippen LogP contribution in [0.5, 0.6) is 0 Å². The molecule has 1 aromatic heterocycles. The van der Waals surface area contributed by atoms with Gasteiger partial charge in [0, 0.05) is 30.2 Å². The molecule has 1 heterocycles. The van der Waals surface area contributed by atoms with Crippen LogP contribution in [0.15, 0.2) is 30.3 Å². The fourth-order valence-electron chi connectivity index (χ4n) is 2.34. The predicted molar refractivity (Wildman–Crippen MR) is 74.5 cm³/mol. The molecule has 0 amide bonds.